The largest absolute Gasteiger partial charge is 0.496 e. The molecule has 2 N–H and O–H groups in total. The van der Waals surface area contributed by atoms with Crippen molar-refractivity contribution < 1.29 is 19.1 Å². The van der Waals surface area contributed by atoms with E-state index in [9.17, 15) is 14.4 Å². The molecule has 0 bridgehead atoms. The number of methoxy groups -OCH3 is 1. The number of carbonyl (C=O) groups is 3. The van der Waals surface area contributed by atoms with Crippen LogP contribution in [-0.2, 0) is 9.59 Å². The first-order valence-corrected chi connectivity index (χ1v) is 11.2. The first-order chi connectivity index (χ1) is 15.9. The Morgan fingerprint density at radius 2 is 1.94 bits per heavy atom. The number of para-hydroxylation sites is 1. The van der Waals surface area contributed by atoms with E-state index in [0.29, 0.717) is 28.8 Å². The van der Waals surface area contributed by atoms with Gasteiger partial charge in [-0.15, -0.1) is 10.2 Å². The molecule has 3 amide bonds. The fraction of sp³-hybridized carbons (Fsp3) is 0.227. The number of halogens is 1. The highest BCUT2D eigenvalue weighted by Gasteiger charge is 2.34. The third-order valence-electron chi connectivity index (χ3n) is 5.05. The van der Waals surface area contributed by atoms with Gasteiger partial charge < -0.3 is 15.0 Å². The molecule has 1 aromatic heterocycles. The summed E-state index contributed by atoms with van der Waals surface area (Å²) in [7, 11) is 1.41. The lowest BCUT2D eigenvalue weighted by atomic mass is 10.1. The number of anilines is 3. The molecule has 1 atom stereocenters. The zero-order valence-corrected chi connectivity index (χ0v) is 19.4. The smallest absolute Gasteiger partial charge is 0.261 e. The van der Waals surface area contributed by atoms with E-state index in [4.69, 9.17) is 16.3 Å². The highest BCUT2D eigenvalue weighted by atomic mass is 35.5. The number of nitrogens with zero attached hydrogens (tertiary/aromatic N) is 3. The average Bonchev–Trinajstić information content (AvgIpc) is 3.41. The molecule has 9 nitrogen and oxygen atoms in total. The third kappa shape index (κ3) is 4.96. The Labute approximate surface area is 198 Å². The molecule has 2 aromatic carbocycles. The van der Waals surface area contributed by atoms with Crippen molar-refractivity contribution >= 4 is 57.2 Å². The molecular weight excluding hydrogens is 466 g/mol. The second kappa shape index (κ2) is 9.55. The van der Waals surface area contributed by atoms with Crippen LogP contribution >= 0.6 is 22.9 Å². The van der Waals surface area contributed by atoms with Crippen LogP contribution in [0.4, 0.5) is 16.5 Å². The first-order valence-electron chi connectivity index (χ1n) is 10.0. The second-order valence-electron chi connectivity index (χ2n) is 7.35. The van der Waals surface area contributed by atoms with Gasteiger partial charge in [0.2, 0.25) is 16.9 Å². The van der Waals surface area contributed by atoms with E-state index in [1.54, 1.807) is 4.90 Å². The van der Waals surface area contributed by atoms with Crippen molar-refractivity contribution in [2.24, 2.45) is 0 Å². The Bertz CT molecular complexity index is 1220. The Morgan fingerprint density at radius 3 is 2.64 bits per heavy atom. The van der Waals surface area contributed by atoms with Crippen LogP contribution in [0.15, 0.2) is 42.5 Å². The molecule has 170 valence electrons. The molecule has 33 heavy (non-hydrogen) atoms. The minimum absolute atomic E-state index is 0.0191. The van der Waals surface area contributed by atoms with E-state index in [1.807, 2.05) is 30.3 Å². The van der Waals surface area contributed by atoms with Gasteiger partial charge in [-0.3, -0.25) is 19.7 Å². The molecule has 1 fully saturated rings. The Hall–Kier alpha value is -3.50. The van der Waals surface area contributed by atoms with Gasteiger partial charge in [-0.1, -0.05) is 41.1 Å². The van der Waals surface area contributed by atoms with Crippen LogP contribution in [0.5, 0.6) is 5.75 Å². The van der Waals surface area contributed by atoms with Gasteiger partial charge in [0.05, 0.1) is 23.4 Å². The van der Waals surface area contributed by atoms with E-state index in [1.165, 1.54) is 37.5 Å². The summed E-state index contributed by atoms with van der Waals surface area (Å²) in [6.07, 6.45) is 0.325. The number of amides is 3. The van der Waals surface area contributed by atoms with E-state index >= 15 is 0 Å². The SMILES string of the molecule is COc1cc(NC(C)=O)c(Cl)cc1C(=O)Nc1nnc([C@H]2CC(=O)N(c3ccccc3)C2)s1. The molecule has 2 heterocycles. The van der Waals surface area contributed by atoms with Crippen molar-refractivity contribution in [3.05, 3.63) is 58.1 Å². The normalized spacial score (nSPS) is 15.4. The molecule has 0 spiro atoms. The minimum atomic E-state index is -0.487. The van der Waals surface area contributed by atoms with Crippen molar-refractivity contribution in [3.63, 3.8) is 0 Å². The monoisotopic (exact) mass is 485 g/mol. The quantitative estimate of drug-likeness (QED) is 0.547. The number of hydrogen-bond acceptors (Lipinski definition) is 7. The predicted octanol–water partition coefficient (Wildman–Crippen LogP) is 3.93. The van der Waals surface area contributed by atoms with Gasteiger partial charge in [0.1, 0.15) is 10.8 Å². The van der Waals surface area contributed by atoms with Crippen LogP contribution in [0, 0.1) is 0 Å². The number of aromatic nitrogens is 2. The first kappa shape index (κ1) is 22.7. The lowest BCUT2D eigenvalue weighted by Crippen LogP contribution is -2.24. The molecule has 0 saturated carbocycles. The zero-order valence-electron chi connectivity index (χ0n) is 17.8. The van der Waals surface area contributed by atoms with Gasteiger partial charge in [-0.25, -0.2) is 0 Å². The van der Waals surface area contributed by atoms with E-state index in [2.05, 4.69) is 20.8 Å². The Morgan fingerprint density at radius 1 is 1.18 bits per heavy atom. The molecule has 1 aliphatic heterocycles. The summed E-state index contributed by atoms with van der Waals surface area (Å²) in [5.41, 5.74) is 1.36. The molecule has 4 rings (SSSR count). The van der Waals surface area contributed by atoms with Crippen LogP contribution in [-0.4, -0.2) is 41.6 Å². The summed E-state index contributed by atoms with van der Waals surface area (Å²) in [4.78, 5) is 38.4. The van der Waals surface area contributed by atoms with Gasteiger partial charge in [0, 0.05) is 37.6 Å². The topological polar surface area (TPSA) is 114 Å². The van der Waals surface area contributed by atoms with Gasteiger partial charge in [-0.2, -0.15) is 0 Å². The minimum Gasteiger partial charge on any atom is -0.496 e. The van der Waals surface area contributed by atoms with Crippen molar-refractivity contribution in [2.75, 3.05) is 29.2 Å². The van der Waals surface area contributed by atoms with Crippen molar-refractivity contribution in [2.45, 2.75) is 19.3 Å². The van der Waals surface area contributed by atoms with Gasteiger partial charge >= 0.3 is 0 Å². The van der Waals surface area contributed by atoms with Crippen molar-refractivity contribution in [1.29, 1.82) is 0 Å². The summed E-state index contributed by atoms with van der Waals surface area (Å²) in [6.45, 7) is 1.85. The van der Waals surface area contributed by atoms with Crippen LogP contribution in [0.25, 0.3) is 0 Å². The molecule has 0 unspecified atom stereocenters. The maximum absolute atomic E-state index is 12.8. The molecule has 0 aliphatic carbocycles. The van der Waals surface area contributed by atoms with Gasteiger partial charge in [0.15, 0.2) is 0 Å². The van der Waals surface area contributed by atoms with Crippen LogP contribution in [0.2, 0.25) is 5.02 Å². The average molecular weight is 486 g/mol. The van der Waals surface area contributed by atoms with Crippen molar-refractivity contribution in [1.82, 2.24) is 10.2 Å². The summed E-state index contributed by atoms with van der Waals surface area (Å²) in [5.74, 6) is -0.634. The number of nitrogens with one attached hydrogen (secondary N) is 2. The second-order valence-corrected chi connectivity index (χ2v) is 8.77. The van der Waals surface area contributed by atoms with Gasteiger partial charge in [-0.05, 0) is 18.2 Å². The van der Waals surface area contributed by atoms with Crippen LogP contribution in [0.3, 0.4) is 0 Å². The van der Waals surface area contributed by atoms with Crippen LogP contribution < -0.4 is 20.3 Å². The lowest BCUT2D eigenvalue weighted by molar-refractivity contribution is -0.117. The highest BCUT2D eigenvalue weighted by Crippen LogP contribution is 2.35. The molecular formula is C22H20ClN5O4S. The molecule has 1 aliphatic rings. The number of ether oxygens (including phenoxy) is 1. The fourth-order valence-electron chi connectivity index (χ4n) is 3.53. The molecule has 11 heteroatoms. The van der Waals surface area contributed by atoms with E-state index in [-0.39, 0.29) is 34.1 Å². The number of rotatable bonds is 6. The summed E-state index contributed by atoms with van der Waals surface area (Å²) in [5, 5.41) is 14.7. The maximum atomic E-state index is 12.8. The predicted molar refractivity (Wildman–Crippen MR) is 126 cm³/mol. The summed E-state index contributed by atoms with van der Waals surface area (Å²) < 4.78 is 5.29. The fourth-order valence-corrected chi connectivity index (χ4v) is 4.57. The number of hydrogen-bond donors (Lipinski definition) is 2. The molecule has 0 radical (unpaired) electrons. The van der Waals surface area contributed by atoms with E-state index in [0.717, 1.165) is 5.69 Å². The standard InChI is InChI=1S/C22H20ClN5O4S/c1-12(29)24-17-10-18(32-2)15(9-16(17)23)20(31)25-22-27-26-21(33-22)13-8-19(30)28(11-13)14-6-4-3-5-7-14/h3-7,9-10,13H,8,11H2,1-2H3,(H,24,29)(H,25,27,31)/t13-/m0/s1. The highest BCUT2D eigenvalue weighted by molar-refractivity contribution is 7.15. The molecule has 3 aromatic rings. The maximum Gasteiger partial charge on any atom is 0.261 e. The lowest BCUT2D eigenvalue weighted by Gasteiger charge is -2.15. The Kier molecular flexibility index (Phi) is 6.57. The number of benzene rings is 2. The summed E-state index contributed by atoms with van der Waals surface area (Å²) >= 11 is 7.42. The van der Waals surface area contributed by atoms with Crippen molar-refractivity contribution in [3.8, 4) is 5.75 Å². The van der Waals surface area contributed by atoms with Crippen LogP contribution in [0.1, 0.15) is 34.6 Å². The molecule has 1 saturated heterocycles. The third-order valence-corrected chi connectivity index (χ3v) is 6.36. The van der Waals surface area contributed by atoms with E-state index < -0.39 is 5.91 Å². The number of carbonyl (C=O) groups excluding carboxylic acids is 3. The Balaban J connectivity index is 1.48. The summed E-state index contributed by atoms with van der Waals surface area (Å²) in [6, 6.07) is 12.3. The zero-order chi connectivity index (χ0) is 23.5. The van der Waals surface area contributed by atoms with Gasteiger partial charge in [0.25, 0.3) is 5.91 Å².